The summed E-state index contributed by atoms with van der Waals surface area (Å²) in [5.41, 5.74) is 13.2. The number of hydrogen-bond acceptors (Lipinski definition) is 4. The van der Waals surface area contributed by atoms with Gasteiger partial charge in [-0.05, 0) is 56.1 Å². The number of nitrogens with two attached hydrogens (primary N) is 2. The summed E-state index contributed by atoms with van der Waals surface area (Å²) in [6.07, 6.45) is 0. The molecule has 2 aromatic rings. The average Bonchev–Trinajstić information content (AvgIpc) is 2.40. The third-order valence-electron chi connectivity index (χ3n) is 2.73. The van der Waals surface area contributed by atoms with E-state index < -0.39 is 0 Å². The molecule has 0 aliphatic heterocycles. The molecular formula is C14H13Br2N3O2. The maximum atomic E-state index is 12.3. The normalized spacial score (nSPS) is 10.2. The van der Waals surface area contributed by atoms with Crippen molar-refractivity contribution in [3.63, 3.8) is 0 Å². The Bertz CT molecular complexity index is 685. The van der Waals surface area contributed by atoms with Gasteiger partial charge in [-0.1, -0.05) is 0 Å². The van der Waals surface area contributed by atoms with Gasteiger partial charge in [-0.3, -0.25) is 4.79 Å². The highest BCUT2D eigenvalue weighted by molar-refractivity contribution is 9.11. The first-order valence-corrected chi connectivity index (χ1v) is 7.49. The number of ether oxygens (including phenoxy) is 1. The molecule has 0 saturated carbocycles. The number of rotatable bonds is 3. The van der Waals surface area contributed by atoms with E-state index in [0.717, 1.165) is 8.95 Å². The molecule has 0 unspecified atom stereocenters. The molecule has 0 aromatic heterocycles. The largest absolute Gasteiger partial charge is 0.495 e. The Kier molecular flexibility index (Phi) is 4.74. The molecule has 0 saturated heterocycles. The molecule has 0 aliphatic carbocycles. The minimum Gasteiger partial charge on any atom is -0.495 e. The van der Waals surface area contributed by atoms with Crippen molar-refractivity contribution in [3.8, 4) is 5.75 Å². The molecule has 0 bridgehead atoms. The number of benzene rings is 2. The fourth-order valence-electron chi connectivity index (χ4n) is 1.78. The fourth-order valence-corrected chi connectivity index (χ4v) is 3.04. The molecule has 5 N–H and O–H groups in total. The Morgan fingerprint density at radius 2 is 1.67 bits per heavy atom. The highest BCUT2D eigenvalue weighted by Crippen LogP contribution is 2.34. The molecule has 0 aliphatic rings. The van der Waals surface area contributed by atoms with Gasteiger partial charge in [0.2, 0.25) is 0 Å². The molecule has 110 valence electrons. The van der Waals surface area contributed by atoms with E-state index in [1.807, 2.05) is 0 Å². The molecule has 2 rings (SSSR count). The molecule has 0 spiro atoms. The minimum atomic E-state index is -0.306. The lowest BCUT2D eigenvalue weighted by Gasteiger charge is -2.11. The van der Waals surface area contributed by atoms with E-state index in [9.17, 15) is 4.79 Å². The second-order valence-corrected chi connectivity index (χ2v) is 6.02. The Balaban J connectivity index is 2.31. The van der Waals surface area contributed by atoms with Gasteiger partial charge in [-0.15, -0.1) is 0 Å². The van der Waals surface area contributed by atoms with E-state index in [1.165, 1.54) is 0 Å². The number of anilines is 3. The predicted molar refractivity (Wildman–Crippen MR) is 91.6 cm³/mol. The molecule has 2 aromatic carbocycles. The van der Waals surface area contributed by atoms with Crippen LogP contribution in [-0.4, -0.2) is 13.0 Å². The Hall–Kier alpha value is -1.73. The SMILES string of the molecule is COc1cc(NC(=O)c2cc(N)cc(N)c2)c(Br)cc1Br. The van der Waals surface area contributed by atoms with Crippen molar-refractivity contribution in [3.05, 3.63) is 44.8 Å². The van der Waals surface area contributed by atoms with E-state index in [-0.39, 0.29) is 5.91 Å². The van der Waals surface area contributed by atoms with Gasteiger partial charge in [0.15, 0.2) is 0 Å². The fraction of sp³-hybridized carbons (Fsp3) is 0.0714. The van der Waals surface area contributed by atoms with Crippen molar-refractivity contribution in [1.82, 2.24) is 0 Å². The van der Waals surface area contributed by atoms with Gasteiger partial charge < -0.3 is 21.5 Å². The van der Waals surface area contributed by atoms with Crippen LogP contribution in [-0.2, 0) is 0 Å². The van der Waals surface area contributed by atoms with E-state index >= 15 is 0 Å². The van der Waals surface area contributed by atoms with Gasteiger partial charge in [0.05, 0.1) is 17.3 Å². The van der Waals surface area contributed by atoms with Gasteiger partial charge in [-0.2, -0.15) is 0 Å². The van der Waals surface area contributed by atoms with E-state index in [0.29, 0.717) is 28.4 Å². The Labute approximate surface area is 138 Å². The zero-order valence-corrected chi connectivity index (χ0v) is 14.3. The van der Waals surface area contributed by atoms with Gasteiger partial charge in [0.1, 0.15) is 5.75 Å². The third-order valence-corrected chi connectivity index (χ3v) is 4.01. The quantitative estimate of drug-likeness (QED) is 0.668. The lowest BCUT2D eigenvalue weighted by molar-refractivity contribution is 0.102. The van der Waals surface area contributed by atoms with Crippen molar-refractivity contribution in [2.75, 3.05) is 23.9 Å². The van der Waals surface area contributed by atoms with Crippen LogP contribution in [0.1, 0.15) is 10.4 Å². The van der Waals surface area contributed by atoms with Crippen LogP contribution in [0.3, 0.4) is 0 Å². The second-order valence-electron chi connectivity index (χ2n) is 4.31. The van der Waals surface area contributed by atoms with E-state index in [1.54, 1.807) is 37.4 Å². The van der Waals surface area contributed by atoms with E-state index in [2.05, 4.69) is 37.2 Å². The maximum absolute atomic E-state index is 12.3. The molecule has 21 heavy (non-hydrogen) atoms. The van der Waals surface area contributed by atoms with Crippen LogP contribution in [0.25, 0.3) is 0 Å². The third kappa shape index (κ3) is 3.68. The molecule has 0 heterocycles. The lowest BCUT2D eigenvalue weighted by atomic mass is 10.1. The maximum Gasteiger partial charge on any atom is 0.255 e. The smallest absolute Gasteiger partial charge is 0.255 e. The van der Waals surface area contributed by atoms with Crippen molar-refractivity contribution < 1.29 is 9.53 Å². The number of hydrogen-bond donors (Lipinski definition) is 3. The standard InChI is InChI=1S/C14H13Br2N3O2/c1-21-13-6-12(10(15)5-11(13)16)19-14(20)7-2-8(17)4-9(18)3-7/h2-6H,17-18H2,1H3,(H,19,20). The van der Waals surface area contributed by atoms with Crippen molar-refractivity contribution >= 4 is 54.8 Å². The number of nitrogen functional groups attached to an aromatic ring is 2. The number of nitrogens with one attached hydrogen (secondary N) is 1. The summed E-state index contributed by atoms with van der Waals surface area (Å²) in [6.45, 7) is 0. The second kappa shape index (κ2) is 6.36. The van der Waals surface area contributed by atoms with Crippen LogP contribution in [0.5, 0.6) is 5.75 Å². The number of halogens is 2. The van der Waals surface area contributed by atoms with Crippen molar-refractivity contribution in [1.29, 1.82) is 0 Å². The van der Waals surface area contributed by atoms with Crippen LogP contribution in [0.15, 0.2) is 39.3 Å². The first kappa shape index (κ1) is 15.7. The Morgan fingerprint density at radius 3 is 2.24 bits per heavy atom. The van der Waals surface area contributed by atoms with Gasteiger partial charge in [-0.25, -0.2) is 0 Å². The predicted octanol–water partition coefficient (Wildman–Crippen LogP) is 3.64. The van der Waals surface area contributed by atoms with Crippen LogP contribution in [0, 0.1) is 0 Å². The monoisotopic (exact) mass is 413 g/mol. The molecule has 7 heteroatoms. The first-order chi connectivity index (χ1) is 9.90. The average molecular weight is 415 g/mol. The highest BCUT2D eigenvalue weighted by atomic mass is 79.9. The van der Waals surface area contributed by atoms with Gasteiger partial charge in [0.25, 0.3) is 5.91 Å². The molecule has 0 radical (unpaired) electrons. The van der Waals surface area contributed by atoms with Crippen molar-refractivity contribution in [2.24, 2.45) is 0 Å². The van der Waals surface area contributed by atoms with Crippen molar-refractivity contribution in [2.45, 2.75) is 0 Å². The summed E-state index contributed by atoms with van der Waals surface area (Å²) in [5, 5.41) is 2.79. The summed E-state index contributed by atoms with van der Waals surface area (Å²) in [5.74, 6) is 0.305. The van der Waals surface area contributed by atoms with Crippen LogP contribution < -0.4 is 21.5 Å². The number of amides is 1. The number of carbonyl (C=O) groups excluding carboxylic acids is 1. The van der Waals surface area contributed by atoms with Gasteiger partial charge in [0, 0.05) is 27.5 Å². The summed E-state index contributed by atoms with van der Waals surface area (Å²) in [4.78, 5) is 12.3. The molecular weight excluding hydrogens is 402 g/mol. The minimum absolute atomic E-state index is 0.306. The van der Waals surface area contributed by atoms with E-state index in [4.69, 9.17) is 16.2 Å². The zero-order valence-electron chi connectivity index (χ0n) is 11.1. The van der Waals surface area contributed by atoms with Gasteiger partial charge >= 0.3 is 0 Å². The molecule has 1 amide bonds. The van der Waals surface area contributed by atoms with Crippen LogP contribution >= 0.6 is 31.9 Å². The molecule has 5 nitrogen and oxygen atoms in total. The number of methoxy groups -OCH3 is 1. The summed E-state index contributed by atoms with van der Waals surface area (Å²) < 4.78 is 6.71. The molecule has 0 atom stereocenters. The summed E-state index contributed by atoms with van der Waals surface area (Å²) in [6, 6.07) is 8.23. The zero-order chi connectivity index (χ0) is 15.6. The lowest BCUT2D eigenvalue weighted by Crippen LogP contribution is -2.13. The number of carbonyl (C=O) groups is 1. The highest BCUT2D eigenvalue weighted by Gasteiger charge is 2.12. The Morgan fingerprint density at radius 1 is 1.05 bits per heavy atom. The molecule has 0 fully saturated rings. The topological polar surface area (TPSA) is 90.4 Å². The summed E-state index contributed by atoms with van der Waals surface area (Å²) in [7, 11) is 1.55. The van der Waals surface area contributed by atoms with Crippen LogP contribution in [0.4, 0.5) is 17.1 Å². The van der Waals surface area contributed by atoms with Crippen LogP contribution in [0.2, 0.25) is 0 Å². The first-order valence-electron chi connectivity index (χ1n) is 5.91. The summed E-state index contributed by atoms with van der Waals surface area (Å²) >= 11 is 6.76.